The molecular formula is C15H19N3O. The van der Waals surface area contributed by atoms with Crippen molar-refractivity contribution in [3.63, 3.8) is 0 Å². The summed E-state index contributed by atoms with van der Waals surface area (Å²) in [5, 5.41) is 9.30. The monoisotopic (exact) mass is 257 g/mol. The topological polar surface area (TPSA) is 44.7 Å². The van der Waals surface area contributed by atoms with E-state index in [1.807, 2.05) is 24.4 Å². The predicted octanol–water partition coefficient (Wildman–Crippen LogP) is 1.95. The molecule has 0 spiro atoms. The van der Waals surface area contributed by atoms with E-state index in [1.54, 1.807) is 5.01 Å². The van der Waals surface area contributed by atoms with Crippen molar-refractivity contribution < 1.29 is 4.79 Å². The van der Waals surface area contributed by atoms with Crippen molar-refractivity contribution in [3.05, 3.63) is 35.9 Å². The Kier molecular flexibility index (Phi) is 3.60. The maximum Gasteiger partial charge on any atom is 0.246 e. The Labute approximate surface area is 113 Å². The highest BCUT2D eigenvalue weighted by atomic mass is 16.2. The molecule has 0 aliphatic carbocycles. The summed E-state index contributed by atoms with van der Waals surface area (Å²) in [6.07, 6.45) is 4.52. The zero-order valence-electron chi connectivity index (χ0n) is 11.0. The van der Waals surface area contributed by atoms with Crippen LogP contribution in [0.15, 0.2) is 35.4 Å². The van der Waals surface area contributed by atoms with E-state index < -0.39 is 0 Å². The SMILES string of the molecule is O=C(C1CCNCC1)N1N=CC[C@H]1c1ccccc1. The summed E-state index contributed by atoms with van der Waals surface area (Å²) in [6.45, 7) is 1.87. The van der Waals surface area contributed by atoms with Gasteiger partial charge in [0, 0.05) is 18.6 Å². The van der Waals surface area contributed by atoms with Gasteiger partial charge in [0.15, 0.2) is 0 Å². The molecule has 2 aliphatic rings. The van der Waals surface area contributed by atoms with Crippen LogP contribution >= 0.6 is 0 Å². The average molecular weight is 257 g/mol. The third-order valence-electron chi connectivity index (χ3n) is 3.93. The van der Waals surface area contributed by atoms with E-state index in [1.165, 1.54) is 5.56 Å². The zero-order chi connectivity index (χ0) is 13.1. The van der Waals surface area contributed by atoms with Crippen LogP contribution in [0.4, 0.5) is 0 Å². The molecular weight excluding hydrogens is 238 g/mol. The fraction of sp³-hybridized carbons (Fsp3) is 0.467. The molecule has 1 aromatic rings. The van der Waals surface area contributed by atoms with Gasteiger partial charge in [0.05, 0.1) is 6.04 Å². The van der Waals surface area contributed by atoms with Crippen molar-refractivity contribution in [2.24, 2.45) is 11.0 Å². The summed E-state index contributed by atoms with van der Waals surface area (Å²) in [4.78, 5) is 12.6. The summed E-state index contributed by atoms with van der Waals surface area (Å²) in [5.41, 5.74) is 1.17. The fourth-order valence-corrected chi connectivity index (χ4v) is 2.83. The molecule has 2 heterocycles. The average Bonchev–Trinajstić information content (AvgIpc) is 2.98. The van der Waals surface area contributed by atoms with Gasteiger partial charge in [-0.2, -0.15) is 5.10 Å². The van der Waals surface area contributed by atoms with Gasteiger partial charge in [-0.3, -0.25) is 4.79 Å². The highest BCUT2D eigenvalue weighted by Gasteiger charge is 2.33. The van der Waals surface area contributed by atoms with Crippen LogP contribution in [0.5, 0.6) is 0 Å². The first-order chi connectivity index (χ1) is 9.36. The Balaban J connectivity index is 1.75. The number of amides is 1. The van der Waals surface area contributed by atoms with Crippen LogP contribution in [-0.2, 0) is 4.79 Å². The third kappa shape index (κ3) is 2.54. The maximum atomic E-state index is 12.6. The lowest BCUT2D eigenvalue weighted by atomic mass is 9.95. The van der Waals surface area contributed by atoms with Crippen molar-refractivity contribution in [1.29, 1.82) is 0 Å². The van der Waals surface area contributed by atoms with Crippen LogP contribution in [0.3, 0.4) is 0 Å². The van der Waals surface area contributed by atoms with E-state index in [0.29, 0.717) is 0 Å². The number of carbonyl (C=O) groups excluding carboxylic acids is 1. The van der Waals surface area contributed by atoms with Gasteiger partial charge in [0.25, 0.3) is 0 Å². The highest BCUT2D eigenvalue weighted by molar-refractivity contribution is 5.82. The number of piperidine rings is 1. The lowest BCUT2D eigenvalue weighted by Gasteiger charge is -2.28. The van der Waals surface area contributed by atoms with Crippen molar-refractivity contribution in [2.45, 2.75) is 25.3 Å². The second-order valence-electron chi connectivity index (χ2n) is 5.17. The fourth-order valence-electron chi connectivity index (χ4n) is 2.83. The molecule has 1 aromatic carbocycles. The highest BCUT2D eigenvalue weighted by Crippen LogP contribution is 2.30. The lowest BCUT2D eigenvalue weighted by molar-refractivity contribution is -0.138. The van der Waals surface area contributed by atoms with E-state index in [9.17, 15) is 4.79 Å². The quantitative estimate of drug-likeness (QED) is 0.880. The van der Waals surface area contributed by atoms with Gasteiger partial charge < -0.3 is 5.32 Å². The molecule has 2 aliphatic heterocycles. The lowest BCUT2D eigenvalue weighted by Crippen LogP contribution is -2.39. The third-order valence-corrected chi connectivity index (χ3v) is 3.93. The first-order valence-corrected chi connectivity index (χ1v) is 6.97. The van der Waals surface area contributed by atoms with Crippen molar-refractivity contribution in [1.82, 2.24) is 10.3 Å². The Morgan fingerprint density at radius 2 is 1.95 bits per heavy atom. The minimum absolute atomic E-state index is 0.0867. The number of nitrogens with zero attached hydrogens (tertiary/aromatic N) is 2. The molecule has 100 valence electrons. The molecule has 1 atom stereocenters. The number of rotatable bonds is 2. The number of hydrogen-bond donors (Lipinski definition) is 1. The standard InChI is InChI=1S/C15H19N3O/c19-15(13-6-9-16-10-7-13)18-14(8-11-17-18)12-4-2-1-3-5-12/h1-5,11,13-14,16H,6-10H2/t14-/m0/s1. The smallest absolute Gasteiger partial charge is 0.246 e. The van der Waals surface area contributed by atoms with Gasteiger partial charge in [0.1, 0.15) is 0 Å². The zero-order valence-corrected chi connectivity index (χ0v) is 11.0. The first-order valence-electron chi connectivity index (χ1n) is 6.97. The van der Waals surface area contributed by atoms with E-state index in [4.69, 9.17) is 0 Å². The molecule has 0 saturated carbocycles. The van der Waals surface area contributed by atoms with Crippen molar-refractivity contribution in [2.75, 3.05) is 13.1 Å². The molecule has 0 aromatic heterocycles. The number of benzene rings is 1. The minimum Gasteiger partial charge on any atom is -0.317 e. The molecule has 1 amide bonds. The van der Waals surface area contributed by atoms with Gasteiger partial charge in [-0.25, -0.2) is 5.01 Å². The summed E-state index contributed by atoms with van der Waals surface area (Å²) in [6, 6.07) is 10.3. The predicted molar refractivity (Wildman–Crippen MR) is 74.7 cm³/mol. The Morgan fingerprint density at radius 3 is 2.68 bits per heavy atom. The van der Waals surface area contributed by atoms with Gasteiger partial charge in [0.2, 0.25) is 5.91 Å². The number of hydrazone groups is 1. The Bertz CT molecular complexity index is 466. The molecule has 19 heavy (non-hydrogen) atoms. The van der Waals surface area contributed by atoms with E-state index >= 15 is 0 Å². The largest absolute Gasteiger partial charge is 0.317 e. The molecule has 1 N–H and O–H groups in total. The van der Waals surface area contributed by atoms with Crippen LogP contribution < -0.4 is 5.32 Å². The van der Waals surface area contributed by atoms with Crippen molar-refractivity contribution >= 4 is 12.1 Å². The maximum absolute atomic E-state index is 12.6. The van der Waals surface area contributed by atoms with Crippen LogP contribution in [0.1, 0.15) is 30.9 Å². The molecule has 3 rings (SSSR count). The second-order valence-corrected chi connectivity index (χ2v) is 5.17. The summed E-state index contributed by atoms with van der Waals surface area (Å²) in [7, 11) is 0. The summed E-state index contributed by atoms with van der Waals surface area (Å²) in [5.74, 6) is 0.312. The molecule has 1 fully saturated rings. The van der Waals surface area contributed by atoms with Gasteiger partial charge in [-0.05, 0) is 31.5 Å². The molecule has 0 unspecified atom stereocenters. The van der Waals surface area contributed by atoms with E-state index in [2.05, 4.69) is 22.6 Å². The molecule has 0 radical (unpaired) electrons. The minimum atomic E-state index is 0.0867. The first kappa shape index (κ1) is 12.4. The molecule has 4 nitrogen and oxygen atoms in total. The van der Waals surface area contributed by atoms with Crippen LogP contribution in [0.25, 0.3) is 0 Å². The van der Waals surface area contributed by atoms with Crippen LogP contribution in [-0.4, -0.2) is 30.2 Å². The van der Waals surface area contributed by atoms with E-state index in [-0.39, 0.29) is 17.9 Å². The Hall–Kier alpha value is -1.68. The number of carbonyl (C=O) groups is 1. The molecule has 1 saturated heterocycles. The van der Waals surface area contributed by atoms with E-state index in [0.717, 1.165) is 32.4 Å². The normalized spacial score (nSPS) is 23.8. The molecule has 4 heteroatoms. The second kappa shape index (κ2) is 5.53. The van der Waals surface area contributed by atoms with Gasteiger partial charge in [-0.1, -0.05) is 30.3 Å². The van der Waals surface area contributed by atoms with Crippen LogP contribution in [0.2, 0.25) is 0 Å². The van der Waals surface area contributed by atoms with Gasteiger partial charge in [-0.15, -0.1) is 0 Å². The van der Waals surface area contributed by atoms with Gasteiger partial charge >= 0.3 is 0 Å². The molecule has 0 bridgehead atoms. The summed E-state index contributed by atoms with van der Waals surface area (Å²) < 4.78 is 0. The summed E-state index contributed by atoms with van der Waals surface area (Å²) >= 11 is 0. The van der Waals surface area contributed by atoms with Crippen LogP contribution in [0, 0.1) is 5.92 Å². The number of nitrogens with one attached hydrogen (secondary N) is 1. The van der Waals surface area contributed by atoms with Crippen molar-refractivity contribution in [3.8, 4) is 0 Å². The Morgan fingerprint density at radius 1 is 1.21 bits per heavy atom. The number of hydrogen-bond acceptors (Lipinski definition) is 3.